The Hall–Kier alpha value is -4.44. The summed E-state index contributed by atoms with van der Waals surface area (Å²) in [6, 6.07) is 16.0. The third-order valence-electron chi connectivity index (χ3n) is 5.78. The first-order chi connectivity index (χ1) is 18.4. The van der Waals surface area contributed by atoms with Crippen molar-refractivity contribution in [3.8, 4) is 22.9 Å². The molecule has 0 spiro atoms. The smallest absolute Gasteiger partial charge is 0.323 e. The number of nitrogens with one attached hydrogen (secondary N) is 3. The molecule has 1 heterocycles. The van der Waals surface area contributed by atoms with Crippen LogP contribution in [0.1, 0.15) is 6.42 Å². The van der Waals surface area contributed by atoms with Crippen LogP contribution in [0.3, 0.4) is 0 Å². The van der Waals surface area contributed by atoms with Crippen molar-refractivity contribution in [2.45, 2.75) is 6.42 Å². The number of hydrogen-bond acceptors (Lipinski definition) is 7. The molecular formula is C28H31FN6O3. The van der Waals surface area contributed by atoms with Crippen molar-refractivity contribution in [2.24, 2.45) is 0 Å². The molecule has 10 heteroatoms. The van der Waals surface area contributed by atoms with E-state index in [9.17, 15) is 9.18 Å². The van der Waals surface area contributed by atoms with Crippen LogP contribution in [0, 0.1) is 5.82 Å². The lowest BCUT2D eigenvalue weighted by atomic mass is 10.1. The maximum atomic E-state index is 13.1. The average molecular weight is 519 g/mol. The van der Waals surface area contributed by atoms with E-state index in [1.807, 2.05) is 38.4 Å². The third-order valence-corrected chi connectivity index (χ3v) is 5.78. The molecular weight excluding hydrogens is 487 g/mol. The first kappa shape index (κ1) is 26.6. The molecule has 0 saturated heterocycles. The number of anilines is 3. The Balaban J connectivity index is 1.57. The Labute approximate surface area is 221 Å². The fraction of sp³-hybridized carbons (Fsp3) is 0.250. The lowest BCUT2D eigenvalue weighted by molar-refractivity contribution is 0.262. The number of rotatable bonds is 10. The van der Waals surface area contributed by atoms with Crippen LogP contribution in [0.25, 0.3) is 22.3 Å². The van der Waals surface area contributed by atoms with Gasteiger partial charge in [-0.3, -0.25) is 0 Å². The van der Waals surface area contributed by atoms with Gasteiger partial charge in [-0.05, 0) is 81.7 Å². The number of aromatic nitrogens is 2. The highest BCUT2D eigenvalue weighted by Gasteiger charge is 2.14. The number of hydrogen-bond donors (Lipinski definition) is 3. The van der Waals surface area contributed by atoms with Crippen LogP contribution in [0.5, 0.6) is 11.5 Å². The molecule has 0 saturated carbocycles. The van der Waals surface area contributed by atoms with Crippen LogP contribution in [-0.4, -0.2) is 62.3 Å². The average Bonchev–Trinajstić information content (AvgIpc) is 2.91. The number of methoxy groups -OCH3 is 2. The van der Waals surface area contributed by atoms with E-state index < -0.39 is 6.03 Å². The second-order valence-electron chi connectivity index (χ2n) is 8.87. The summed E-state index contributed by atoms with van der Waals surface area (Å²) in [4.78, 5) is 24.0. The summed E-state index contributed by atoms with van der Waals surface area (Å²) in [7, 11) is 7.27. The molecule has 4 aromatic rings. The van der Waals surface area contributed by atoms with Crippen LogP contribution in [-0.2, 0) is 0 Å². The van der Waals surface area contributed by atoms with Gasteiger partial charge < -0.3 is 30.3 Å². The van der Waals surface area contributed by atoms with Crippen LogP contribution in [0.2, 0.25) is 0 Å². The lowest BCUT2D eigenvalue weighted by Crippen LogP contribution is -2.19. The fourth-order valence-corrected chi connectivity index (χ4v) is 3.85. The summed E-state index contributed by atoms with van der Waals surface area (Å²) < 4.78 is 24.0. The van der Waals surface area contributed by atoms with Gasteiger partial charge in [-0.25, -0.2) is 19.2 Å². The van der Waals surface area contributed by atoms with Crippen molar-refractivity contribution >= 4 is 34.1 Å². The molecule has 1 aromatic heterocycles. The van der Waals surface area contributed by atoms with Crippen molar-refractivity contribution in [1.82, 2.24) is 14.9 Å². The van der Waals surface area contributed by atoms with Crippen LogP contribution < -0.4 is 25.4 Å². The van der Waals surface area contributed by atoms with E-state index in [-0.39, 0.29) is 5.82 Å². The number of fused-ring (bicyclic) bond motifs is 1. The number of carbonyl (C=O) groups is 1. The second kappa shape index (κ2) is 12.2. The Kier molecular flexibility index (Phi) is 8.55. The molecule has 9 nitrogen and oxygen atoms in total. The molecule has 198 valence electrons. The van der Waals surface area contributed by atoms with E-state index in [2.05, 4.69) is 20.9 Å². The Morgan fingerprint density at radius 1 is 0.895 bits per heavy atom. The number of carbonyl (C=O) groups excluding carboxylic acids is 1. The first-order valence-corrected chi connectivity index (χ1v) is 12.1. The molecule has 0 aliphatic rings. The van der Waals surface area contributed by atoms with Gasteiger partial charge in [0.1, 0.15) is 11.6 Å². The molecule has 2 amide bonds. The summed E-state index contributed by atoms with van der Waals surface area (Å²) in [6.07, 6.45) is 0.946. The molecule has 3 aromatic carbocycles. The van der Waals surface area contributed by atoms with Gasteiger partial charge in [0.2, 0.25) is 0 Å². The molecule has 3 N–H and O–H groups in total. The highest BCUT2D eigenvalue weighted by Crippen LogP contribution is 2.35. The summed E-state index contributed by atoms with van der Waals surface area (Å²) in [6.45, 7) is 1.69. The van der Waals surface area contributed by atoms with Crippen LogP contribution in [0.4, 0.5) is 26.4 Å². The van der Waals surface area contributed by atoms with Crippen molar-refractivity contribution < 1.29 is 18.7 Å². The normalized spacial score (nSPS) is 10.9. The number of ether oxygens (including phenoxy) is 2. The summed E-state index contributed by atoms with van der Waals surface area (Å²) >= 11 is 0. The Bertz CT molecular complexity index is 1390. The fourth-order valence-electron chi connectivity index (χ4n) is 3.85. The van der Waals surface area contributed by atoms with Gasteiger partial charge in [-0.15, -0.1) is 0 Å². The monoisotopic (exact) mass is 518 g/mol. The molecule has 0 radical (unpaired) electrons. The van der Waals surface area contributed by atoms with E-state index in [0.717, 1.165) is 30.5 Å². The summed E-state index contributed by atoms with van der Waals surface area (Å²) in [5, 5.41) is 9.70. The number of benzene rings is 3. The van der Waals surface area contributed by atoms with Crippen molar-refractivity contribution in [2.75, 3.05) is 57.4 Å². The zero-order valence-electron chi connectivity index (χ0n) is 21.8. The zero-order chi connectivity index (χ0) is 27.1. The Morgan fingerprint density at radius 2 is 1.50 bits per heavy atom. The van der Waals surface area contributed by atoms with Crippen molar-refractivity contribution in [3.05, 3.63) is 66.5 Å². The van der Waals surface area contributed by atoms with Gasteiger partial charge in [0, 0.05) is 34.9 Å². The molecule has 0 unspecified atom stereocenters. The standard InChI is InChI=1S/C28H31FN6O3/c1-35(2)15-5-14-30-27-22-16-24(37-3)25(38-4)17-23(22)33-26(34-27)18-6-10-20(11-7-18)31-28(36)32-21-12-8-19(29)9-13-21/h6-13,16-17H,5,14-15H2,1-4H3,(H,30,33,34)(H2,31,32,36). The first-order valence-electron chi connectivity index (χ1n) is 12.1. The van der Waals surface area contributed by atoms with Crippen molar-refractivity contribution in [3.63, 3.8) is 0 Å². The van der Waals surface area contributed by atoms with Crippen LogP contribution >= 0.6 is 0 Å². The van der Waals surface area contributed by atoms with Crippen molar-refractivity contribution in [1.29, 1.82) is 0 Å². The topological polar surface area (TPSA) is 101 Å². The third kappa shape index (κ3) is 6.65. The second-order valence-corrected chi connectivity index (χ2v) is 8.87. The molecule has 0 aliphatic carbocycles. The molecule has 0 atom stereocenters. The highest BCUT2D eigenvalue weighted by atomic mass is 19.1. The van der Waals surface area contributed by atoms with Gasteiger partial charge in [0.15, 0.2) is 17.3 Å². The minimum atomic E-state index is -0.434. The number of nitrogens with zero attached hydrogens (tertiary/aromatic N) is 3. The minimum absolute atomic E-state index is 0.369. The van der Waals surface area contributed by atoms with E-state index in [0.29, 0.717) is 40.0 Å². The summed E-state index contributed by atoms with van der Waals surface area (Å²) in [5.41, 5.74) is 2.57. The van der Waals surface area contributed by atoms with E-state index in [1.165, 1.54) is 24.3 Å². The number of halogens is 1. The van der Waals surface area contributed by atoms with Gasteiger partial charge in [0.25, 0.3) is 0 Å². The summed E-state index contributed by atoms with van der Waals surface area (Å²) in [5.74, 6) is 2.04. The number of urea groups is 1. The molecule has 4 rings (SSSR count). The quantitative estimate of drug-likeness (QED) is 0.240. The maximum absolute atomic E-state index is 13.1. The van der Waals surface area contributed by atoms with E-state index in [1.54, 1.807) is 26.4 Å². The molecule has 0 aliphatic heterocycles. The largest absolute Gasteiger partial charge is 0.493 e. The molecule has 0 fully saturated rings. The predicted molar refractivity (Wildman–Crippen MR) is 149 cm³/mol. The van der Waals surface area contributed by atoms with Crippen LogP contribution in [0.15, 0.2) is 60.7 Å². The number of amides is 2. The Morgan fingerprint density at radius 3 is 2.11 bits per heavy atom. The maximum Gasteiger partial charge on any atom is 0.323 e. The van der Waals surface area contributed by atoms with E-state index in [4.69, 9.17) is 19.4 Å². The van der Waals surface area contributed by atoms with E-state index >= 15 is 0 Å². The molecule has 38 heavy (non-hydrogen) atoms. The minimum Gasteiger partial charge on any atom is -0.493 e. The van der Waals surface area contributed by atoms with Gasteiger partial charge in [-0.2, -0.15) is 0 Å². The SMILES string of the molecule is COc1cc2nc(-c3ccc(NC(=O)Nc4ccc(F)cc4)cc3)nc(NCCCN(C)C)c2cc1OC. The molecule has 0 bridgehead atoms. The van der Waals surface area contributed by atoms with Gasteiger partial charge in [0.05, 0.1) is 19.7 Å². The zero-order valence-corrected chi connectivity index (χ0v) is 21.8. The van der Waals surface area contributed by atoms with Gasteiger partial charge >= 0.3 is 6.03 Å². The van der Waals surface area contributed by atoms with Gasteiger partial charge in [-0.1, -0.05) is 0 Å². The predicted octanol–water partition coefficient (Wildman–Crippen LogP) is 5.46. The highest BCUT2D eigenvalue weighted by molar-refractivity contribution is 6.00. The lowest BCUT2D eigenvalue weighted by Gasteiger charge is -2.15.